The van der Waals surface area contributed by atoms with Crippen LogP contribution in [0, 0.1) is 23.0 Å². The number of hydrogen-bond acceptors (Lipinski definition) is 4. The van der Waals surface area contributed by atoms with Crippen LogP contribution >= 0.6 is 0 Å². The molecule has 4 nitrogen and oxygen atoms in total. The topological polar surface area (TPSA) is 60.2 Å². The fourth-order valence-corrected chi connectivity index (χ4v) is 2.78. The zero-order chi connectivity index (χ0) is 15.7. The first-order valence-electron chi connectivity index (χ1n) is 6.84. The zero-order valence-electron chi connectivity index (χ0n) is 11.6. The average Bonchev–Trinajstić information content (AvgIpc) is 2.91. The summed E-state index contributed by atoms with van der Waals surface area (Å²) < 4.78 is 27.5. The van der Waals surface area contributed by atoms with Gasteiger partial charge in [-0.05, 0) is 36.8 Å². The summed E-state index contributed by atoms with van der Waals surface area (Å²) in [5.41, 5.74) is 0.602. The van der Waals surface area contributed by atoms with Gasteiger partial charge in [-0.15, -0.1) is 0 Å². The molecule has 1 saturated heterocycles. The Morgan fingerprint density at radius 3 is 2.86 bits per heavy atom. The van der Waals surface area contributed by atoms with Gasteiger partial charge in [0.05, 0.1) is 23.8 Å². The Hall–Kier alpha value is -2.52. The van der Waals surface area contributed by atoms with Crippen molar-refractivity contribution in [1.82, 2.24) is 4.98 Å². The van der Waals surface area contributed by atoms with Crippen LogP contribution in [0.5, 0.6) is 0 Å². The lowest BCUT2D eigenvalue weighted by Gasteiger charge is -2.26. The molecule has 2 heterocycles. The van der Waals surface area contributed by atoms with Crippen molar-refractivity contribution in [3.8, 4) is 6.07 Å². The molecule has 112 valence electrons. The molecule has 0 amide bonds. The number of anilines is 1. The third-order valence-corrected chi connectivity index (χ3v) is 3.76. The smallest absolute Gasteiger partial charge is 0.130 e. The minimum atomic E-state index is -0.666. The van der Waals surface area contributed by atoms with E-state index in [1.54, 1.807) is 17.0 Å². The number of aliphatic hydroxyl groups excluding tert-OH is 1. The first-order valence-corrected chi connectivity index (χ1v) is 6.84. The van der Waals surface area contributed by atoms with Gasteiger partial charge in [0.15, 0.2) is 0 Å². The van der Waals surface area contributed by atoms with Crippen LogP contribution in [0.3, 0.4) is 0 Å². The summed E-state index contributed by atoms with van der Waals surface area (Å²) in [6.45, 7) is 0.252. The molecule has 1 aromatic heterocycles. The number of aromatic nitrogens is 1. The molecule has 3 rings (SSSR count). The molecule has 1 fully saturated rings. The highest BCUT2D eigenvalue weighted by atomic mass is 19.1. The Balaban J connectivity index is 2.02. The molecular weight excluding hydrogens is 288 g/mol. The zero-order valence-corrected chi connectivity index (χ0v) is 11.6. The fraction of sp³-hybridized carbons (Fsp3) is 0.250. The van der Waals surface area contributed by atoms with E-state index in [9.17, 15) is 13.9 Å². The highest BCUT2D eigenvalue weighted by Gasteiger charge is 2.34. The van der Waals surface area contributed by atoms with Crippen LogP contribution in [0.1, 0.15) is 23.6 Å². The lowest BCUT2D eigenvalue weighted by Crippen LogP contribution is -2.25. The highest BCUT2D eigenvalue weighted by molar-refractivity contribution is 5.49. The molecule has 0 aliphatic carbocycles. The minimum Gasteiger partial charge on any atom is -0.391 e. The second-order valence-electron chi connectivity index (χ2n) is 5.24. The molecule has 1 aliphatic rings. The summed E-state index contributed by atoms with van der Waals surface area (Å²) in [5, 5.41) is 18.9. The van der Waals surface area contributed by atoms with Crippen LogP contribution in [-0.2, 0) is 0 Å². The summed E-state index contributed by atoms with van der Waals surface area (Å²) >= 11 is 0. The molecule has 0 unspecified atom stereocenters. The Morgan fingerprint density at radius 1 is 1.27 bits per heavy atom. The molecule has 1 aromatic carbocycles. The van der Waals surface area contributed by atoms with Gasteiger partial charge in [-0.2, -0.15) is 5.26 Å². The molecule has 0 saturated carbocycles. The number of nitriles is 1. The van der Waals surface area contributed by atoms with Crippen LogP contribution < -0.4 is 4.90 Å². The number of rotatable bonds is 2. The number of nitrogens with zero attached hydrogens (tertiary/aromatic N) is 3. The monoisotopic (exact) mass is 301 g/mol. The van der Waals surface area contributed by atoms with Crippen LogP contribution in [0.25, 0.3) is 0 Å². The number of benzene rings is 1. The number of pyridine rings is 1. The summed E-state index contributed by atoms with van der Waals surface area (Å²) in [7, 11) is 0. The number of β-amino-alcohol motifs (C(OH)–C–C–N with tert-alkyl or cyclic N) is 1. The maximum atomic E-state index is 14.0. The summed E-state index contributed by atoms with van der Waals surface area (Å²) in [5.74, 6) is -0.595. The van der Waals surface area contributed by atoms with E-state index in [0.29, 0.717) is 11.4 Å². The Bertz CT molecular complexity index is 744. The van der Waals surface area contributed by atoms with Crippen LogP contribution in [0.4, 0.5) is 14.6 Å². The standard InChI is InChI=1S/C16H13F2N3O/c17-11-1-2-14(18)13(6-11)15-7-12(22)9-21(15)16-5-10(8-19)3-4-20-16/h1-6,12,15,22H,7,9H2/t12-,15-/m0/s1. The molecule has 2 atom stereocenters. The predicted octanol–water partition coefficient (Wildman–Crippen LogP) is 2.54. The van der Waals surface area contributed by atoms with Crippen molar-refractivity contribution < 1.29 is 13.9 Å². The van der Waals surface area contributed by atoms with E-state index in [-0.39, 0.29) is 18.5 Å². The van der Waals surface area contributed by atoms with Gasteiger partial charge < -0.3 is 10.0 Å². The van der Waals surface area contributed by atoms with Crippen LogP contribution in [-0.4, -0.2) is 22.7 Å². The molecule has 0 spiro atoms. The number of aliphatic hydroxyl groups is 1. The predicted molar refractivity (Wildman–Crippen MR) is 76.0 cm³/mol. The van der Waals surface area contributed by atoms with Crippen molar-refractivity contribution in [3.63, 3.8) is 0 Å². The van der Waals surface area contributed by atoms with Gasteiger partial charge >= 0.3 is 0 Å². The molecule has 22 heavy (non-hydrogen) atoms. The van der Waals surface area contributed by atoms with Gasteiger partial charge in [-0.25, -0.2) is 13.8 Å². The molecular formula is C16H13F2N3O. The van der Waals surface area contributed by atoms with Crippen molar-refractivity contribution in [1.29, 1.82) is 5.26 Å². The lowest BCUT2D eigenvalue weighted by atomic mass is 10.0. The summed E-state index contributed by atoms with van der Waals surface area (Å²) in [6, 6.07) is 7.90. The van der Waals surface area contributed by atoms with Gasteiger partial charge in [0, 0.05) is 18.3 Å². The maximum absolute atomic E-state index is 14.0. The Labute approximate surface area is 126 Å². The average molecular weight is 301 g/mol. The van der Waals surface area contributed by atoms with Gasteiger partial charge in [0.2, 0.25) is 0 Å². The van der Waals surface area contributed by atoms with Crippen molar-refractivity contribution >= 4 is 5.82 Å². The van der Waals surface area contributed by atoms with E-state index in [0.717, 1.165) is 18.2 Å². The molecule has 6 heteroatoms. The first-order chi connectivity index (χ1) is 10.6. The molecule has 0 radical (unpaired) electrons. The summed E-state index contributed by atoms with van der Waals surface area (Å²) in [4.78, 5) is 5.88. The maximum Gasteiger partial charge on any atom is 0.130 e. The van der Waals surface area contributed by atoms with Crippen molar-refractivity contribution in [2.24, 2.45) is 0 Å². The third-order valence-electron chi connectivity index (χ3n) is 3.76. The van der Waals surface area contributed by atoms with E-state index < -0.39 is 23.8 Å². The molecule has 2 aromatic rings. The van der Waals surface area contributed by atoms with E-state index in [1.807, 2.05) is 6.07 Å². The van der Waals surface area contributed by atoms with E-state index in [1.165, 1.54) is 6.20 Å². The largest absolute Gasteiger partial charge is 0.391 e. The van der Waals surface area contributed by atoms with E-state index in [4.69, 9.17) is 5.26 Å². The van der Waals surface area contributed by atoms with Gasteiger partial charge in [0.1, 0.15) is 17.5 Å². The van der Waals surface area contributed by atoms with E-state index in [2.05, 4.69) is 4.98 Å². The molecule has 1 N–H and O–H groups in total. The van der Waals surface area contributed by atoms with Gasteiger partial charge in [0.25, 0.3) is 0 Å². The number of hydrogen-bond donors (Lipinski definition) is 1. The van der Waals surface area contributed by atoms with Crippen molar-refractivity contribution in [2.75, 3.05) is 11.4 Å². The lowest BCUT2D eigenvalue weighted by molar-refractivity contribution is 0.194. The fourth-order valence-electron chi connectivity index (χ4n) is 2.78. The van der Waals surface area contributed by atoms with E-state index >= 15 is 0 Å². The SMILES string of the molecule is N#Cc1ccnc(N2C[C@@H](O)C[C@H]2c2cc(F)ccc2F)c1. The molecule has 0 bridgehead atoms. The summed E-state index contributed by atoms with van der Waals surface area (Å²) in [6.07, 6.45) is 1.09. The highest BCUT2D eigenvalue weighted by Crippen LogP contribution is 2.36. The van der Waals surface area contributed by atoms with Crippen molar-refractivity contribution in [2.45, 2.75) is 18.6 Å². The van der Waals surface area contributed by atoms with Crippen LogP contribution in [0.15, 0.2) is 36.5 Å². The first kappa shape index (κ1) is 14.4. The Kier molecular flexibility index (Phi) is 3.73. The minimum absolute atomic E-state index is 0.181. The second-order valence-corrected chi connectivity index (χ2v) is 5.24. The van der Waals surface area contributed by atoms with Gasteiger partial charge in [-0.3, -0.25) is 0 Å². The normalized spacial score (nSPS) is 20.9. The quantitative estimate of drug-likeness (QED) is 0.926. The Morgan fingerprint density at radius 2 is 2.09 bits per heavy atom. The van der Waals surface area contributed by atoms with Crippen molar-refractivity contribution in [3.05, 3.63) is 59.3 Å². The molecule has 1 aliphatic heterocycles. The van der Waals surface area contributed by atoms with Crippen LogP contribution in [0.2, 0.25) is 0 Å². The van der Waals surface area contributed by atoms with Gasteiger partial charge in [-0.1, -0.05) is 0 Å². The second kappa shape index (κ2) is 5.70. The number of halogens is 2. The third kappa shape index (κ3) is 2.63.